The van der Waals surface area contributed by atoms with E-state index in [0.29, 0.717) is 11.7 Å². The minimum absolute atomic E-state index is 0.0870. The summed E-state index contributed by atoms with van der Waals surface area (Å²) in [6.45, 7) is 3.47. The zero-order valence-electron chi connectivity index (χ0n) is 14.2. The van der Waals surface area contributed by atoms with Crippen LogP contribution in [0.2, 0.25) is 0 Å². The molecule has 1 N–H and O–H groups in total. The molecule has 1 saturated heterocycles. The Morgan fingerprint density at radius 2 is 2.08 bits per heavy atom. The number of furan rings is 1. The highest BCUT2D eigenvalue weighted by Crippen LogP contribution is 2.30. The molecular weight excluding hydrogens is 336 g/mol. The van der Waals surface area contributed by atoms with E-state index in [2.05, 4.69) is 15.5 Å². The zero-order chi connectivity index (χ0) is 18.3. The molecule has 132 valence electrons. The fourth-order valence-corrected chi connectivity index (χ4v) is 2.93. The minimum Gasteiger partial charge on any atom is -0.466 e. The Balaban J connectivity index is 1.56. The van der Waals surface area contributed by atoms with Crippen molar-refractivity contribution < 1.29 is 18.5 Å². The highest BCUT2D eigenvalue weighted by molar-refractivity contribution is 6.06. The Bertz CT molecular complexity index is 979. The van der Waals surface area contributed by atoms with Crippen LogP contribution in [0.4, 0.5) is 4.79 Å². The molecule has 0 unspecified atom stereocenters. The van der Waals surface area contributed by atoms with Gasteiger partial charge in [0.1, 0.15) is 5.76 Å². The number of imide groups is 1. The number of rotatable bonds is 4. The number of aromatic nitrogens is 2. The lowest BCUT2D eigenvalue weighted by molar-refractivity contribution is -0.132. The molecule has 0 aliphatic carbocycles. The molecule has 3 amide bonds. The summed E-state index contributed by atoms with van der Waals surface area (Å²) in [7, 11) is 0. The first-order valence-electron chi connectivity index (χ1n) is 8.05. The molecule has 0 saturated carbocycles. The van der Waals surface area contributed by atoms with Crippen molar-refractivity contribution in [3.05, 3.63) is 59.8 Å². The van der Waals surface area contributed by atoms with Crippen LogP contribution >= 0.6 is 0 Å². The first kappa shape index (κ1) is 16.1. The van der Waals surface area contributed by atoms with Crippen molar-refractivity contribution in [3.8, 4) is 11.5 Å². The number of amides is 3. The van der Waals surface area contributed by atoms with E-state index in [9.17, 15) is 9.59 Å². The fraction of sp³-hybridized carbons (Fsp3) is 0.222. The third kappa shape index (κ3) is 2.55. The summed E-state index contributed by atoms with van der Waals surface area (Å²) < 4.78 is 10.6. The van der Waals surface area contributed by atoms with Crippen LogP contribution in [0.1, 0.15) is 24.1 Å². The van der Waals surface area contributed by atoms with Gasteiger partial charge in [-0.2, -0.15) is 4.98 Å². The van der Waals surface area contributed by atoms with Crippen LogP contribution in [-0.2, 0) is 16.9 Å². The van der Waals surface area contributed by atoms with Crippen LogP contribution in [0, 0.1) is 6.92 Å². The van der Waals surface area contributed by atoms with Crippen LogP contribution in [0.15, 0.2) is 51.6 Å². The summed E-state index contributed by atoms with van der Waals surface area (Å²) in [5.74, 6) is 0.518. The van der Waals surface area contributed by atoms with Gasteiger partial charge in [0, 0.05) is 5.56 Å². The molecule has 1 atom stereocenters. The van der Waals surface area contributed by atoms with Crippen molar-refractivity contribution in [2.75, 3.05) is 0 Å². The van der Waals surface area contributed by atoms with E-state index in [-0.39, 0.29) is 12.4 Å². The van der Waals surface area contributed by atoms with Gasteiger partial charge in [-0.15, -0.1) is 0 Å². The summed E-state index contributed by atoms with van der Waals surface area (Å²) in [5, 5.41) is 6.54. The molecule has 1 aliphatic rings. The van der Waals surface area contributed by atoms with Gasteiger partial charge >= 0.3 is 6.03 Å². The maximum absolute atomic E-state index is 12.8. The maximum Gasteiger partial charge on any atom is 0.325 e. The molecule has 26 heavy (non-hydrogen) atoms. The number of hydrogen-bond acceptors (Lipinski definition) is 6. The minimum atomic E-state index is -1.25. The second-order valence-electron chi connectivity index (χ2n) is 6.31. The van der Waals surface area contributed by atoms with E-state index < -0.39 is 17.5 Å². The summed E-state index contributed by atoms with van der Waals surface area (Å²) >= 11 is 0. The molecule has 8 nitrogen and oxygen atoms in total. The van der Waals surface area contributed by atoms with Gasteiger partial charge in [0.05, 0.1) is 12.8 Å². The Labute approximate surface area is 148 Å². The zero-order valence-corrected chi connectivity index (χ0v) is 14.2. The number of hydrogen-bond donors (Lipinski definition) is 1. The molecule has 3 heterocycles. The average Bonchev–Trinajstić information content (AvgIpc) is 3.34. The lowest BCUT2D eigenvalue weighted by Crippen LogP contribution is -2.40. The van der Waals surface area contributed by atoms with Crippen LogP contribution in [0.25, 0.3) is 11.5 Å². The molecule has 1 fully saturated rings. The standard InChI is InChI=1S/C18H16N4O4/c1-11-5-3-6-12(9-11)15-19-14(21-26-15)10-22-16(23)18(2,20-17(22)24)13-7-4-8-25-13/h3-9H,10H2,1-2H3,(H,20,24)/t18-/m1/s1. The molecule has 4 rings (SSSR count). The van der Waals surface area contributed by atoms with Crippen molar-refractivity contribution in [2.24, 2.45) is 0 Å². The monoisotopic (exact) mass is 352 g/mol. The van der Waals surface area contributed by atoms with Crippen LogP contribution < -0.4 is 5.32 Å². The maximum atomic E-state index is 12.8. The van der Waals surface area contributed by atoms with Gasteiger partial charge in [-0.05, 0) is 38.1 Å². The number of aryl methyl sites for hydroxylation is 1. The van der Waals surface area contributed by atoms with E-state index in [4.69, 9.17) is 8.94 Å². The summed E-state index contributed by atoms with van der Waals surface area (Å²) in [5.41, 5.74) is 0.593. The van der Waals surface area contributed by atoms with Crippen molar-refractivity contribution in [3.63, 3.8) is 0 Å². The third-order valence-electron chi connectivity index (χ3n) is 4.32. The van der Waals surface area contributed by atoms with Crippen LogP contribution in [-0.4, -0.2) is 27.0 Å². The quantitative estimate of drug-likeness (QED) is 0.724. The van der Waals surface area contributed by atoms with Crippen molar-refractivity contribution >= 4 is 11.9 Å². The molecule has 1 aliphatic heterocycles. The topological polar surface area (TPSA) is 101 Å². The molecule has 1 aromatic carbocycles. The number of carbonyl (C=O) groups excluding carboxylic acids is 2. The second kappa shape index (κ2) is 5.83. The van der Waals surface area contributed by atoms with Crippen LogP contribution in [0.3, 0.4) is 0 Å². The first-order chi connectivity index (χ1) is 12.5. The van der Waals surface area contributed by atoms with Crippen LogP contribution in [0.5, 0.6) is 0 Å². The smallest absolute Gasteiger partial charge is 0.325 e. The summed E-state index contributed by atoms with van der Waals surface area (Å²) in [6, 6.07) is 10.4. The van der Waals surface area contributed by atoms with Gasteiger partial charge in [-0.1, -0.05) is 22.9 Å². The van der Waals surface area contributed by atoms with Gasteiger partial charge < -0.3 is 14.3 Å². The number of nitrogens with one attached hydrogen (secondary N) is 1. The molecule has 3 aromatic rings. The van der Waals surface area contributed by atoms with E-state index in [1.807, 2.05) is 31.2 Å². The molecule has 0 spiro atoms. The van der Waals surface area contributed by atoms with Gasteiger partial charge in [-0.25, -0.2) is 4.79 Å². The second-order valence-corrected chi connectivity index (χ2v) is 6.31. The SMILES string of the molecule is Cc1cccc(-c2nc(CN3C(=O)N[C@](C)(c4ccco4)C3=O)no2)c1. The lowest BCUT2D eigenvalue weighted by atomic mass is 9.99. The van der Waals surface area contributed by atoms with Gasteiger partial charge in [0.25, 0.3) is 11.8 Å². The lowest BCUT2D eigenvalue weighted by Gasteiger charge is -2.18. The normalized spacial score (nSPS) is 19.8. The van der Waals surface area contributed by atoms with Crippen molar-refractivity contribution in [1.82, 2.24) is 20.4 Å². The summed E-state index contributed by atoms with van der Waals surface area (Å²) in [6.07, 6.45) is 1.45. The Morgan fingerprint density at radius 1 is 1.23 bits per heavy atom. The largest absolute Gasteiger partial charge is 0.466 e. The highest BCUT2D eigenvalue weighted by Gasteiger charge is 2.51. The van der Waals surface area contributed by atoms with E-state index in [0.717, 1.165) is 16.0 Å². The number of carbonyl (C=O) groups is 2. The molecular formula is C18H16N4O4. The third-order valence-corrected chi connectivity index (χ3v) is 4.32. The van der Waals surface area contributed by atoms with E-state index in [1.54, 1.807) is 19.1 Å². The van der Waals surface area contributed by atoms with Crippen molar-refractivity contribution in [2.45, 2.75) is 25.9 Å². The highest BCUT2D eigenvalue weighted by atomic mass is 16.5. The Morgan fingerprint density at radius 3 is 2.81 bits per heavy atom. The first-order valence-corrected chi connectivity index (χ1v) is 8.05. The van der Waals surface area contributed by atoms with Gasteiger partial charge in [-0.3, -0.25) is 9.69 Å². The van der Waals surface area contributed by atoms with E-state index in [1.165, 1.54) is 6.26 Å². The molecule has 8 heteroatoms. The average molecular weight is 352 g/mol. The fourth-order valence-electron chi connectivity index (χ4n) is 2.93. The number of urea groups is 1. The van der Waals surface area contributed by atoms with E-state index >= 15 is 0 Å². The van der Waals surface area contributed by atoms with Gasteiger partial charge in [0.15, 0.2) is 11.4 Å². The molecule has 0 bridgehead atoms. The predicted molar refractivity (Wildman–Crippen MR) is 89.6 cm³/mol. The van der Waals surface area contributed by atoms with Gasteiger partial charge in [0.2, 0.25) is 0 Å². The molecule has 0 radical (unpaired) electrons. The number of nitrogens with zero attached hydrogens (tertiary/aromatic N) is 3. The summed E-state index contributed by atoms with van der Waals surface area (Å²) in [4.78, 5) is 30.4. The Kier molecular flexibility index (Phi) is 3.61. The Hall–Kier alpha value is -3.42. The number of benzene rings is 1. The molecule has 2 aromatic heterocycles. The predicted octanol–water partition coefficient (Wildman–Crippen LogP) is 2.61. The van der Waals surface area contributed by atoms with Crippen molar-refractivity contribution in [1.29, 1.82) is 0 Å².